The van der Waals surface area contributed by atoms with Crippen LogP contribution in [0.25, 0.3) is 0 Å². The lowest BCUT2D eigenvalue weighted by Gasteiger charge is -2.40. The van der Waals surface area contributed by atoms with E-state index in [9.17, 15) is 13.7 Å². The monoisotopic (exact) mass is 282 g/mol. The van der Waals surface area contributed by atoms with Crippen molar-refractivity contribution in [3.8, 4) is 0 Å². The molecule has 2 rings (SSSR count). The zero-order valence-electron chi connectivity index (χ0n) is 12.0. The van der Waals surface area contributed by atoms with E-state index in [4.69, 9.17) is 0 Å². The molecule has 1 saturated carbocycles. The molecule has 0 aromatic carbocycles. The van der Waals surface area contributed by atoms with Crippen LogP contribution < -0.4 is 0 Å². The average Bonchev–Trinajstić information content (AvgIpc) is 2.43. The van der Waals surface area contributed by atoms with Crippen molar-refractivity contribution in [1.82, 2.24) is 10.1 Å². The van der Waals surface area contributed by atoms with Crippen molar-refractivity contribution >= 4 is 5.91 Å². The third-order valence-corrected chi connectivity index (χ3v) is 4.71. The molecule has 0 N–H and O–H groups in total. The lowest BCUT2D eigenvalue weighted by molar-refractivity contribution is -0.0489. The molecule has 1 amide bonds. The van der Waals surface area contributed by atoms with Crippen LogP contribution >= 0.6 is 0 Å². The molecule has 1 aliphatic carbocycles. The molecule has 0 aliphatic heterocycles. The highest BCUT2D eigenvalue weighted by Crippen LogP contribution is 2.37. The minimum atomic E-state index is -0.787. The van der Waals surface area contributed by atoms with E-state index in [-0.39, 0.29) is 16.6 Å². The second-order valence-corrected chi connectivity index (χ2v) is 5.82. The minimum Gasteiger partial charge on any atom is -0.266 e. The predicted molar refractivity (Wildman–Crippen MR) is 72.0 cm³/mol. The maximum Gasteiger partial charge on any atom is 0.282 e. The largest absolute Gasteiger partial charge is 0.282 e. The van der Waals surface area contributed by atoms with Crippen LogP contribution in [0.15, 0.2) is 18.3 Å². The molecule has 0 spiro atoms. The fraction of sp³-hybridized carbons (Fsp3) is 0.600. The number of halogens is 2. The summed E-state index contributed by atoms with van der Waals surface area (Å²) in [6, 6.07) is 1.86. The Kier molecular flexibility index (Phi) is 4.35. The molecule has 1 fully saturated rings. The summed E-state index contributed by atoms with van der Waals surface area (Å²) in [6.45, 7) is 6.21. The summed E-state index contributed by atoms with van der Waals surface area (Å²) in [7, 11) is 0. The van der Waals surface area contributed by atoms with Crippen molar-refractivity contribution in [3.63, 3.8) is 0 Å². The highest BCUT2D eigenvalue weighted by molar-refractivity contribution is 5.93. The summed E-state index contributed by atoms with van der Waals surface area (Å²) in [5, 5.41) is 0.280. The van der Waals surface area contributed by atoms with Crippen LogP contribution in [0.4, 0.5) is 8.87 Å². The smallest absolute Gasteiger partial charge is 0.266 e. The van der Waals surface area contributed by atoms with E-state index in [1.807, 2.05) is 6.92 Å². The Labute approximate surface area is 117 Å². The molecule has 110 valence electrons. The van der Waals surface area contributed by atoms with Gasteiger partial charge in [-0.15, -0.1) is 0 Å². The van der Waals surface area contributed by atoms with Crippen LogP contribution in [0.2, 0.25) is 0 Å². The van der Waals surface area contributed by atoms with Gasteiger partial charge in [0.1, 0.15) is 0 Å². The van der Waals surface area contributed by atoms with Gasteiger partial charge in [-0.3, -0.25) is 4.79 Å². The van der Waals surface area contributed by atoms with Gasteiger partial charge in [-0.1, -0.05) is 25.3 Å². The van der Waals surface area contributed by atoms with E-state index in [2.05, 4.69) is 18.8 Å². The third kappa shape index (κ3) is 2.81. The highest BCUT2D eigenvalue weighted by atomic mass is 19.2. The van der Waals surface area contributed by atoms with Crippen molar-refractivity contribution in [2.24, 2.45) is 17.8 Å². The first-order valence-electron chi connectivity index (χ1n) is 7.02. The number of carbonyl (C=O) groups is 1. The van der Waals surface area contributed by atoms with Gasteiger partial charge in [0.2, 0.25) is 5.95 Å². The first-order valence-corrected chi connectivity index (χ1v) is 7.02. The number of pyridine rings is 1. The van der Waals surface area contributed by atoms with Gasteiger partial charge in [-0.2, -0.15) is 9.51 Å². The lowest BCUT2D eigenvalue weighted by atomic mass is 9.72. The van der Waals surface area contributed by atoms with Gasteiger partial charge >= 0.3 is 0 Å². The predicted octanol–water partition coefficient (Wildman–Crippen LogP) is 3.62. The number of hydrogen-bond acceptors (Lipinski definition) is 2. The molecule has 4 atom stereocenters. The molecule has 5 heteroatoms. The number of aromatic nitrogens is 1. The summed E-state index contributed by atoms with van der Waals surface area (Å²) >= 11 is 0. The first-order chi connectivity index (χ1) is 9.41. The molecule has 0 bridgehead atoms. The Balaban J connectivity index is 2.14. The van der Waals surface area contributed by atoms with E-state index in [0.717, 1.165) is 12.5 Å². The Morgan fingerprint density at radius 2 is 2.00 bits per heavy atom. The standard InChI is InChI=1S/C15H20F2N2O/c1-9-4-5-13(11(3)10(9)2)19(17)15(20)12-6-7-18-14(16)8-12/h6-11,13H,4-5H2,1-3H3/t9?,10?,11?,13-/m1/s1. The van der Waals surface area contributed by atoms with Crippen molar-refractivity contribution < 1.29 is 13.7 Å². The molecule has 20 heavy (non-hydrogen) atoms. The van der Waals surface area contributed by atoms with Crippen LogP contribution in [-0.2, 0) is 0 Å². The van der Waals surface area contributed by atoms with Gasteiger partial charge in [0, 0.05) is 17.8 Å². The van der Waals surface area contributed by atoms with Crippen molar-refractivity contribution in [3.05, 3.63) is 29.8 Å². The highest BCUT2D eigenvalue weighted by Gasteiger charge is 2.38. The second kappa shape index (κ2) is 5.85. The van der Waals surface area contributed by atoms with E-state index in [1.54, 1.807) is 0 Å². The molecule has 3 unspecified atom stereocenters. The van der Waals surface area contributed by atoms with Gasteiger partial charge < -0.3 is 0 Å². The number of nitrogens with zero attached hydrogens (tertiary/aromatic N) is 2. The summed E-state index contributed by atoms with van der Waals surface area (Å²) < 4.78 is 27.4. The summed E-state index contributed by atoms with van der Waals surface area (Å²) in [4.78, 5) is 15.5. The molecular formula is C15H20F2N2O. The Hall–Kier alpha value is -1.52. The van der Waals surface area contributed by atoms with Crippen molar-refractivity contribution in [2.45, 2.75) is 39.7 Å². The van der Waals surface area contributed by atoms with Crippen LogP contribution in [-0.4, -0.2) is 22.1 Å². The first kappa shape index (κ1) is 14.9. The van der Waals surface area contributed by atoms with Crippen LogP contribution in [0.5, 0.6) is 0 Å². The van der Waals surface area contributed by atoms with Gasteiger partial charge in [0.15, 0.2) is 0 Å². The second-order valence-electron chi connectivity index (χ2n) is 5.82. The molecule has 3 nitrogen and oxygen atoms in total. The Bertz CT molecular complexity index is 495. The zero-order valence-corrected chi connectivity index (χ0v) is 12.0. The molecule has 1 aromatic rings. The number of hydrogen-bond donors (Lipinski definition) is 0. The SMILES string of the molecule is CC1CC[C@@H](N(F)C(=O)c2ccnc(F)c2)C(C)C1C. The molecular weight excluding hydrogens is 262 g/mol. The molecule has 0 radical (unpaired) electrons. The van der Waals surface area contributed by atoms with E-state index in [0.29, 0.717) is 18.3 Å². The van der Waals surface area contributed by atoms with Gasteiger partial charge in [-0.25, -0.2) is 4.98 Å². The molecule has 0 saturated heterocycles. The number of rotatable bonds is 2. The van der Waals surface area contributed by atoms with Gasteiger partial charge in [-0.05, 0) is 36.7 Å². The number of amides is 1. The maximum atomic E-state index is 14.4. The van der Waals surface area contributed by atoms with Crippen molar-refractivity contribution in [1.29, 1.82) is 0 Å². The average molecular weight is 282 g/mol. The van der Waals surface area contributed by atoms with Gasteiger partial charge in [0.25, 0.3) is 5.91 Å². The lowest BCUT2D eigenvalue weighted by Crippen LogP contribution is -2.44. The number of carbonyl (C=O) groups excluding carboxylic acids is 1. The van der Waals surface area contributed by atoms with Gasteiger partial charge in [0.05, 0.1) is 6.04 Å². The summed E-state index contributed by atoms with van der Waals surface area (Å²) in [5.74, 6) is -0.593. The molecule has 1 aromatic heterocycles. The summed E-state index contributed by atoms with van der Waals surface area (Å²) in [6.07, 6.45) is 2.71. The Morgan fingerprint density at radius 1 is 1.30 bits per heavy atom. The molecule has 1 heterocycles. The Morgan fingerprint density at radius 3 is 2.65 bits per heavy atom. The van der Waals surface area contributed by atoms with E-state index >= 15 is 0 Å². The normalized spacial score (nSPS) is 30.1. The zero-order chi connectivity index (χ0) is 14.9. The van der Waals surface area contributed by atoms with Crippen LogP contribution in [0.1, 0.15) is 44.0 Å². The van der Waals surface area contributed by atoms with Crippen LogP contribution in [0.3, 0.4) is 0 Å². The fourth-order valence-electron chi connectivity index (χ4n) is 2.96. The quantitative estimate of drug-likeness (QED) is 0.613. The fourth-order valence-corrected chi connectivity index (χ4v) is 2.96. The maximum absolute atomic E-state index is 14.4. The van der Waals surface area contributed by atoms with Crippen LogP contribution in [0, 0.1) is 23.7 Å². The van der Waals surface area contributed by atoms with E-state index < -0.39 is 17.9 Å². The minimum absolute atomic E-state index is 0.00141. The molecule has 1 aliphatic rings. The summed E-state index contributed by atoms with van der Waals surface area (Å²) in [5.41, 5.74) is -0.00141. The topological polar surface area (TPSA) is 33.2 Å². The third-order valence-electron chi connectivity index (χ3n) is 4.71. The van der Waals surface area contributed by atoms with E-state index in [1.165, 1.54) is 12.3 Å². The van der Waals surface area contributed by atoms with Crippen molar-refractivity contribution in [2.75, 3.05) is 0 Å².